The third kappa shape index (κ3) is 6.42. The van der Waals surface area contributed by atoms with Crippen LogP contribution in [0.25, 0.3) is 0 Å². The van der Waals surface area contributed by atoms with E-state index in [1.54, 1.807) is 0 Å². The van der Waals surface area contributed by atoms with Crippen LogP contribution in [0.2, 0.25) is 0 Å². The summed E-state index contributed by atoms with van der Waals surface area (Å²) >= 11 is 0. The smallest absolute Gasteiger partial charge is 0.416 e. The maximum atomic E-state index is 12.7. The predicted molar refractivity (Wildman–Crippen MR) is 93.7 cm³/mol. The second-order valence-corrected chi connectivity index (χ2v) is 6.34. The lowest BCUT2D eigenvalue weighted by Crippen LogP contribution is -2.14. The Labute approximate surface area is 147 Å². The van der Waals surface area contributed by atoms with Crippen molar-refractivity contribution in [3.8, 4) is 5.75 Å². The standard InChI is InChI=1S/C20H24F3NO/c1-24(2)15-7-6-10-19(16-8-4-3-5-9-16)25-18-13-11-17(12-14-18)20(21,22)23/h3-5,8-9,11-14,19H,6-7,10,15H2,1-2H3/t19-/m0/s1. The lowest BCUT2D eigenvalue weighted by atomic mass is 10.0. The van der Waals surface area contributed by atoms with E-state index in [0.717, 1.165) is 43.5 Å². The Morgan fingerprint density at radius 1 is 0.920 bits per heavy atom. The highest BCUT2D eigenvalue weighted by Crippen LogP contribution is 2.32. The maximum absolute atomic E-state index is 12.7. The summed E-state index contributed by atoms with van der Waals surface area (Å²) < 4.78 is 44.0. The first-order valence-electron chi connectivity index (χ1n) is 8.40. The first-order chi connectivity index (χ1) is 11.9. The normalized spacial score (nSPS) is 13.0. The highest BCUT2D eigenvalue weighted by molar-refractivity contribution is 5.30. The van der Waals surface area contributed by atoms with Crippen molar-refractivity contribution < 1.29 is 17.9 Å². The minimum absolute atomic E-state index is 0.167. The SMILES string of the molecule is CN(C)CCCC[C@H](Oc1ccc(C(F)(F)F)cc1)c1ccccc1. The number of rotatable bonds is 8. The molecule has 2 aromatic carbocycles. The second-order valence-electron chi connectivity index (χ2n) is 6.34. The number of ether oxygens (including phenoxy) is 1. The molecule has 0 amide bonds. The molecule has 2 aromatic rings. The van der Waals surface area contributed by atoms with E-state index in [1.807, 2.05) is 44.4 Å². The van der Waals surface area contributed by atoms with Gasteiger partial charge >= 0.3 is 6.18 Å². The summed E-state index contributed by atoms with van der Waals surface area (Å²) in [6.07, 6.45) is -1.65. The fourth-order valence-corrected chi connectivity index (χ4v) is 2.61. The summed E-state index contributed by atoms with van der Waals surface area (Å²) in [5.74, 6) is 0.453. The van der Waals surface area contributed by atoms with Gasteiger partial charge in [0.05, 0.1) is 5.56 Å². The van der Waals surface area contributed by atoms with Gasteiger partial charge in [0.1, 0.15) is 11.9 Å². The molecule has 1 atom stereocenters. The number of alkyl halides is 3. The van der Waals surface area contributed by atoms with Crippen molar-refractivity contribution in [2.75, 3.05) is 20.6 Å². The molecule has 5 heteroatoms. The van der Waals surface area contributed by atoms with Crippen LogP contribution in [0.1, 0.15) is 36.5 Å². The Balaban J connectivity index is 2.05. The van der Waals surface area contributed by atoms with Gasteiger partial charge in [-0.1, -0.05) is 30.3 Å². The van der Waals surface area contributed by atoms with Crippen LogP contribution >= 0.6 is 0 Å². The summed E-state index contributed by atoms with van der Waals surface area (Å²) in [5, 5.41) is 0. The Hall–Kier alpha value is -2.01. The van der Waals surface area contributed by atoms with E-state index in [9.17, 15) is 13.2 Å². The quantitative estimate of drug-likeness (QED) is 0.578. The van der Waals surface area contributed by atoms with Gasteiger partial charge in [0.25, 0.3) is 0 Å². The van der Waals surface area contributed by atoms with Crippen molar-refractivity contribution in [2.45, 2.75) is 31.5 Å². The molecule has 0 aliphatic carbocycles. The van der Waals surface area contributed by atoms with Gasteiger partial charge in [-0.25, -0.2) is 0 Å². The molecule has 0 saturated heterocycles. The fourth-order valence-electron chi connectivity index (χ4n) is 2.61. The summed E-state index contributed by atoms with van der Waals surface area (Å²) in [5.41, 5.74) is 0.370. The van der Waals surface area contributed by atoms with Crippen LogP contribution in [0, 0.1) is 0 Å². The highest BCUT2D eigenvalue weighted by atomic mass is 19.4. The van der Waals surface area contributed by atoms with Gasteiger partial charge < -0.3 is 9.64 Å². The molecule has 25 heavy (non-hydrogen) atoms. The molecule has 2 rings (SSSR count). The Morgan fingerprint density at radius 3 is 2.12 bits per heavy atom. The average Bonchev–Trinajstić information content (AvgIpc) is 2.58. The topological polar surface area (TPSA) is 12.5 Å². The molecule has 0 bridgehead atoms. The van der Waals surface area contributed by atoms with Crippen molar-refractivity contribution in [3.63, 3.8) is 0 Å². The summed E-state index contributed by atoms with van der Waals surface area (Å²) in [4.78, 5) is 2.13. The van der Waals surface area contributed by atoms with E-state index in [0.29, 0.717) is 5.75 Å². The Kier molecular flexibility index (Phi) is 6.88. The predicted octanol–water partition coefficient (Wildman–Crippen LogP) is 5.56. The Morgan fingerprint density at radius 2 is 1.56 bits per heavy atom. The third-order valence-corrected chi connectivity index (χ3v) is 3.95. The van der Waals surface area contributed by atoms with E-state index >= 15 is 0 Å². The monoisotopic (exact) mass is 351 g/mol. The van der Waals surface area contributed by atoms with Gasteiger partial charge in [-0.2, -0.15) is 13.2 Å². The lowest BCUT2D eigenvalue weighted by Gasteiger charge is -2.20. The van der Waals surface area contributed by atoms with Crippen LogP contribution in [0.4, 0.5) is 13.2 Å². The number of hydrogen-bond donors (Lipinski definition) is 0. The molecule has 0 unspecified atom stereocenters. The molecule has 0 fully saturated rings. The van der Waals surface area contributed by atoms with E-state index in [1.165, 1.54) is 12.1 Å². The summed E-state index contributed by atoms with van der Waals surface area (Å²) in [6, 6.07) is 14.7. The molecule has 0 spiro atoms. The van der Waals surface area contributed by atoms with Gasteiger partial charge in [-0.05, 0) is 69.7 Å². The summed E-state index contributed by atoms with van der Waals surface area (Å²) in [6.45, 7) is 1.00. The molecule has 0 aliphatic heterocycles. The average molecular weight is 351 g/mol. The molecule has 0 aliphatic rings. The number of nitrogens with zero attached hydrogens (tertiary/aromatic N) is 1. The van der Waals surface area contributed by atoms with E-state index in [2.05, 4.69) is 4.90 Å². The lowest BCUT2D eigenvalue weighted by molar-refractivity contribution is -0.137. The molecule has 0 radical (unpaired) electrons. The van der Waals surface area contributed by atoms with Gasteiger partial charge in [-0.3, -0.25) is 0 Å². The molecule has 0 aromatic heterocycles. The molecule has 0 heterocycles. The zero-order valence-corrected chi connectivity index (χ0v) is 14.6. The van der Waals surface area contributed by atoms with E-state index in [-0.39, 0.29) is 6.10 Å². The number of benzene rings is 2. The summed E-state index contributed by atoms with van der Waals surface area (Å²) in [7, 11) is 4.07. The van der Waals surface area contributed by atoms with Crippen LogP contribution < -0.4 is 4.74 Å². The zero-order chi connectivity index (χ0) is 18.3. The van der Waals surface area contributed by atoms with E-state index < -0.39 is 11.7 Å². The van der Waals surface area contributed by atoms with Crippen LogP contribution in [-0.4, -0.2) is 25.5 Å². The van der Waals surface area contributed by atoms with Gasteiger partial charge in [-0.15, -0.1) is 0 Å². The first kappa shape index (κ1) is 19.3. The van der Waals surface area contributed by atoms with Crippen LogP contribution in [0.3, 0.4) is 0 Å². The minimum atomic E-state index is -4.33. The van der Waals surface area contributed by atoms with Crippen molar-refractivity contribution in [1.82, 2.24) is 4.90 Å². The first-order valence-corrected chi connectivity index (χ1v) is 8.40. The van der Waals surface area contributed by atoms with Crippen LogP contribution in [0.5, 0.6) is 5.75 Å². The largest absolute Gasteiger partial charge is 0.486 e. The Bertz CT molecular complexity index is 624. The van der Waals surface area contributed by atoms with E-state index in [4.69, 9.17) is 4.74 Å². The zero-order valence-electron chi connectivity index (χ0n) is 14.6. The maximum Gasteiger partial charge on any atom is 0.416 e. The number of halogens is 3. The third-order valence-electron chi connectivity index (χ3n) is 3.95. The molecular weight excluding hydrogens is 327 g/mol. The van der Waals surface area contributed by atoms with Crippen molar-refractivity contribution in [1.29, 1.82) is 0 Å². The molecule has 2 nitrogen and oxygen atoms in total. The molecular formula is C20H24F3NO. The second kappa shape index (κ2) is 8.90. The number of unbranched alkanes of at least 4 members (excludes halogenated alkanes) is 1. The van der Waals surface area contributed by atoms with Crippen molar-refractivity contribution >= 4 is 0 Å². The van der Waals surface area contributed by atoms with Gasteiger partial charge in [0, 0.05) is 0 Å². The highest BCUT2D eigenvalue weighted by Gasteiger charge is 2.30. The fraction of sp³-hybridized carbons (Fsp3) is 0.400. The van der Waals surface area contributed by atoms with Crippen molar-refractivity contribution in [2.24, 2.45) is 0 Å². The van der Waals surface area contributed by atoms with Gasteiger partial charge in [0.2, 0.25) is 0 Å². The van der Waals surface area contributed by atoms with Crippen LogP contribution in [0.15, 0.2) is 54.6 Å². The van der Waals surface area contributed by atoms with Crippen LogP contribution in [-0.2, 0) is 6.18 Å². The number of hydrogen-bond acceptors (Lipinski definition) is 2. The minimum Gasteiger partial charge on any atom is -0.486 e. The van der Waals surface area contributed by atoms with Gasteiger partial charge in [0.15, 0.2) is 0 Å². The molecule has 0 N–H and O–H groups in total. The van der Waals surface area contributed by atoms with Crippen molar-refractivity contribution in [3.05, 3.63) is 65.7 Å². The molecule has 136 valence electrons. The molecule has 0 saturated carbocycles.